The van der Waals surface area contributed by atoms with Gasteiger partial charge in [-0.2, -0.15) is 0 Å². The fraction of sp³-hybridized carbons (Fsp3) is 0.240. The molecule has 1 atom stereocenters. The molecule has 33 heavy (non-hydrogen) atoms. The van der Waals surface area contributed by atoms with Crippen LogP contribution in [0.5, 0.6) is 11.5 Å². The molecule has 0 aromatic heterocycles. The van der Waals surface area contributed by atoms with E-state index in [2.05, 4.69) is 0 Å². The number of ketones is 2. The Kier molecular flexibility index (Phi) is 9.53. The summed E-state index contributed by atoms with van der Waals surface area (Å²) in [5.41, 5.74) is 7.58. The molecule has 4 N–H and O–H groups in total. The number of allylic oxidation sites excluding steroid dienone is 2. The van der Waals surface area contributed by atoms with E-state index in [1.54, 1.807) is 36.4 Å². The van der Waals surface area contributed by atoms with Gasteiger partial charge in [-0.15, -0.1) is 0 Å². The van der Waals surface area contributed by atoms with E-state index in [0.29, 0.717) is 33.8 Å². The van der Waals surface area contributed by atoms with Crippen LogP contribution in [0.3, 0.4) is 0 Å². The molecule has 2 aromatic carbocycles. The average Bonchev–Trinajstić information content (AvgIpc) is 2.83. The Labute approximate surface area is 191 Å². The highest BCUT2D eigenvalue weighted by Gasteiger charge is 2.25. The third kappa shape index (κ3) is 7.13. The highest BCUT2D eigenvalue weighted by atomic mass is 16.5. The van der Waals surface area contributed by atoms with Crippen molar-refractivity contribution in [1.29, 1.82) is 0 Å². The molecule has 0 aliphatic heterocycles. The van der Waals surface area contributed by atoms with Crippen molar-refractivity contribution >= 4 is 29.6 Å². The second kappa shape index (κ2) is 12.3. The van der Waals surface area contributed by atoms with Crippen molar-refractivity contribution < 1.29 is 34.1 Å². The zero-order valence-electron chi connectivity index (χ0n) is 18.5. The number of hydrogen-bond acceptors (Lipinski definition) is 7. The first-order valence-corrected chi connectivity index (χ1v) is 10.1. The Balaban J connectivity index is 2.21. The Morgan fingerprint density at radius 2 is 1.39 bits per heavy atom. The summed E-state index contributed by atoms with van der Waals surface area (Å²) in [5, 5.41) is 18.7. The molecule has 0 saturated heterocycles. The fourth-order valence-corrected chi connectivity index (χ4v) is 3.14. The topological polar surface area (TPSA) is 136 Å². The molecule has 0 heterocycles. The zero-order chi connectivity index (χ0) is 24.4. The second-order valence-electron chi connectivity index (χ2n) is 7.15. The number of amides is 1. The van der Waals surface area contributed by atoms with E-state index in [1.165, 1.54) is 38.5 Å². The Bertz CT molecular complexity index is 995. The number of aliphatic hydroxyl groups excluding tert-OH is 2. The van der Waals surface area contributed by atoms with Gasteiger partial charge in [0.05, 0.1) is 33.4 Å². The van der Waals surface area contributed by atoms with Gasteiger partial charge in [0.25, 0.3) is 0 Å². The molecule has 1 amide bonds. The van der Waals surface area contributed by atoms with E-state index in [1.807, 2.05) is 0 Å². The maximum absolute atomic E-state index is 12.7. The van der Waals surface area contributed by atoms with Crippen LogP contribution in [0, 0.1) is 5.92 Å². The van der Waals surface area contributed by atoms with Gasteiger partial charge in [-0.25, -0.2) is 0 Å². The van der Waals surface area contributed by atoms with Gasteiger partial charge in [0.2, 0.25) is 5.91 Å². The molecule has 0 spiro atoms. The van der Waals surface area contributed by atoms with Crippen LogP contribution in [0.25, 0.3) is 12.2 Å². The summed E-state index contributed by atoms with van der Waals surface area (Å²) < 4.78 is 10.4. The molecule has 8 heteroatoms. The summed E-state index contributed by atoms with van der Waals surface area (Å²) in [6, 6.07) is 9.98. The molecule has 0 aliphatic rings. The SMILES string of the molecule is COc1ccc(/C=C/C(=O)C(CC(N)=O)C(=O)/C=C/c2ccc(CO)c(CO)c2)cc1OC. The van der Waals surface area contributed by atoms with Crippen LogP contribution in [-0.2, 0) is 27.6 Å². The van der Waals surface area contributed by atoms with E-state index >= 15 is 0 Å². The predicted octanol–water partition coefficient (Wildman–Crippen LogP) is 2.04. The highest BCUT2D eigenvalue weighted by molar-refractivity contribution is 6.15. The normalized spacial score (nSPS) is 12.1. The number of carbonyl (C=O) groups is 3. The number of benzene rings is 2. The third-order valence-electron chi connectivity index (χ3n) is 4.95. The van der Waals surface area contributed by atoms with Crippen molar-refractivity contribution in [3.63, 3.8) is 0 Å². The number of aliphatic hydroxyl groups is 2. The lowest BCUT2D eigenvalue weighted by Crippen LogP contribution is -2.27. The molecule has 0 saturated carbocycles. The maximum Gasteiger partial charge on any atom is 0.218 e. The first-order valence-electron chi connectivity index (χ1n) is 10.1. The molecular weight excluding hydrogens is 426 g/mol. The number of carbonyl (C=O) groups excluding carboxylic acids is 3. The van der Waals surface area contributed by atoms with Gasteiger partial charge in [-0.3, -0.25) is 14.4 Å². The van der Waals surface area contributed by atoms with Crippen molar-refractivity contribution in [2.45, 2.75) is 19.6 Å². The summed E-state index contributed by atoms with van der Waals surface area (Å²) in [6.07, 6.45) is 4.98. The van der Waals surface area contributed by atoms with E-state index in [0.717, 1.165) is 0 Å². The largest absolute Gasteiger partial charge is 0.493 e. The van der Waals surface area contributed by atoms with Crippen molar-refractivity contribution in [1.82, 2.24) is 0 Å². The molecule has 2 aromatic rings. The molecule has 0 fully saturated rings. The van der Waals surface area contributed by atoms with Crippen molar-refractivity contribution in [3.8, 4) is 11.5 Å². The lowest BCUT2D eigenvalue weighted by atomic mass is 9.93. The summed E-state index contributed by atoms with van der Waals surface area (Å²) in [7, 11) is 3.00. The first kappa shape index (κ1) is 25.5. The Hall–Kier alpha value is -3.75. The van der Waals surface area contributed by atoms with Crippen LogP contribution in [0.1, 0.15) is 28.7 Å². The molecule has 174 valence electrons. The van der Waals surface area contributed by atoms with Crippen LogP contribution in [0.4, 0.5) is 0 Å². The molecule has 8 nitrogen and oxygen atoms in total. The number of ether oxygens (including phenoxy) is 2. The third-order valence-corrected chi connectivity index (χ3v) is 4.95. The van der Waals surface area contributed by atoms with Gasteiger partial charge in [-0.05, 0) is 52.6 Å². The van der Waals surface area contributed by atoms with Crippen LogP contribution in [0.15, 0.2) is 48.6 Å². The lowest BCUT2D eigenvalue weighted by molar-refractivity contribution is -0.131. The number of primary amides is 1. The monoisotopic (exact) mass is 453 g/mol. The standard InChI is InChI=1S/C25H27NO7/c1-32-23-10-6-17(12-24(23)33-2)5-9-22(30)20(13-25(26)31)21(29)8-4-16-3-7-18(14-27)19(11-16)15-28/h3-12,20,27-28H,13-15H2,1-2H3,(H2,26,31)/b8-4+,9-5+. The number of hydrogen-bond donors (Lipinski definition) is 3. The summed E-state index contributed by atoms with van der Waals surface area (Å²) in [6.45, 7) is -0.490. The number of methoxy groups -OCH3 is 2. The van der Waals surface area contributed by atoms with Crippen LogP contribution < -0.4 is 15.2 Å². The molecule has 1 unspecified atom stereocenters. The minimum atomic E-state index is -1.26. The van der Waals surface area contributed by atoms with E-state index in [9.17, 15) is 24.6 Å². The van der Waals surface area contributed by atoms with Gasteiger partial charge in [0.15, 0.2) is 23.1 Å². The number of nitrogens with two attached hydrogens (primary N) is 1. The van der Waals surface area contributed by atoms with E-state index in [-0.39, 0.29) is 13.2 Å². The molecule has 0 radical (unpaired) electrons. The number of rotatable bonds is 12. The minimum Gasteiger partial charge on any atom is -0.493 e. The van der Waals surface area contributed by atoms with Crippen LogP contribution in [0.2, 0.25) is 0 Å². The zero-order valence-corrected chi connectivity index (χ0v) is 18.5. The van der Waals surface area contributed by atoms with Gasteiger partial charge >= 0.3 is 0 Å². The maximum atomic E-state index is 12.7. The first-order chi connectivity index (χ1) is 15.8. The second-order valence-corrected chi connectivity index (χ2v) is 7.15. The average molecular weight is 453 g/mol. The van der Waals surface area contributed by atoms with E-state index in [4.69, 9.17) is 15.2 Å². The van der Waals surface area contributed by atoms with Crippen LogP contribution in [-0.4, -0.2) is 41.9 Å². The summed E-state index contributed by atoms with van der Waals surface area (Å²) >= 11 is 0. The molecular formula is C25H27NO7. The van der Waals surface area contributed by atoms with Gasteiger partial charge in [-0.1, -0.05) is 30.4 Å². The molecule has 0 aliphatic carbocycles. The summed E-state index contributed by atoms with van der Waals surface area (Å²) in [5.74, 6) is -2.16. The van der Waals surface area contributed by atoms with Gasteiger partial charge in [0.1, 0.15) is 0 Å². The summed E-state index contributed by atoms with van der Waals surface area (Å²) in [4.78, 5) is 36.9. The smallest absolute Gasteiger partial charge is 0.218 e. The Morgan fingerprint density at radius 1 is 0.848 bits per heavy atom. The van der Waals surface area contributed by atoms with Gasteiger partial charge < -0.3 is 25.4 Å². The lowest BCUT2D eigenvalue weighted by Gasteiger charge is -2.09. The molecule has 2 rings (SSSR count). The molecule has 0 bridgehead atoms. The van der Waals surface area contributed by atoms with Crippen molar-refractivity contribution in [2.24, 2.45) is 11.7 Å². The van der Waals surface area contributed by atoms with E-state index < -0.39 is 29.8 Å². The Morgan fingerprint density at radius 3 is 1.91 bits per heavy atom. The van der Waals surface area contributed by atoms with Gasteiger partial charge in [0, 0.05) is 6.42 Å². The van der Waals surface area contributed by atoms with Crippen molar-refractivity contribution in [2.75, 3.05) is 14.2 Å². The quantitative estimate of drug-likeness (QED) is 0.330. The highest BCUT2D eigenvalue weighted by Crippen LogP contribution is 2.28. The van der Waals surface area contributed by atoms with Crippen LogP contribution >= 0.6 is 0 Å². The fourth-order valence-electron chi connectivity index (χ4n) is 3.14. The predicted molar refractivity (Wildman–Crippen MR) is 123 cm³/mol. The van der Waals surface area contributed by atoms with Crippen molar-refractivity contribution in [3.05, 3.63) is 70.8 Å². The minimum absolute atomic E-state index is 0.222.